The Labute approximate surface area is 136 Å². The van der Waals surface area contributed by atoms with Crippen LogP contribution in [-0.4, -0.2) is 28.2 Å². The molecule has 2 aromatic rings. The summed E-state index contributed by atoms with van der Waals surface area (Å²) in [6, 6.07) is 8.08. The van der Waals surface area contributed by atoms with E-state index in [0.717, 1.165) is 23.8 Å². The Hall–Kier alpha value is -2.30. The van der Waals surface area contributed by atoms with Crippen LogP contribution in [0.25, 0.3) is 0 Å². The number of nitrogens with zero attached hydrogens (tertiary/aromatic N) is 3. The van der Waals surface area contributed by atoms with E-state index in [9.17, 15) is 5.11 Å². The molecule has 1 heterocycles. The van der Waals surface area contributed by atoms with E-state index in [1.54, 1.807) is 13.2 Å². The lowest BCUT2D eigenvalue weighted by molar-refractivity contribution is 0.373. The van der Waals surface area contributed by atoms with Crippen LogP contribution in [0.1, 0.15) is 43.0 Å². The third-order valence-electron chi connectivity index (χ3n) is 4.48. The smallest absolute Gasteiger partial charge is 0.160 e. The van der Waals surface area contributed by atoms with E-state index >= 15 is 0 Å². The predicted molar refractivity (Wildman–Crippen MR) is 87.9 cm³/mol. The second-order valence-corrected chi connectivity index (χ2v) is 6.41. The van der Waals surface area contributed by atoms with Gasteiger partial charge in [-0.05, 0) is 49.4 Å². The van der Waals surface area contributed by atoms with Gasteiger partial charge < -0.3 is 14.7 Å². The quantitative estimate of drug-likeness (QED) is 0.887. The van der Waals surface area contributed by atoms with Crippen molar-refractivity contribution in [3.8, 4) is 11.5 Å². The molecule has 0 spiro atoms. The van der Waals surface area contributed by atoms with Gasteiger partial charge in [0.15, 0.2) is 11.5 Å². The maximum absolute atomic E-state index is 9.75. The van der Waals surface area contributed by atoms with E-state index < -0.39 is 0 Å². The summed E-state index contributed by atoms with van der Waals surface area (Å²) in [5.41, 5.74) is 1.11. The van der Waals surface area contributed by atoms with Crippen molar-refractivity contribution < 1.29 is 9.84 Å². The van der Waals surface area contributed by atoms with Crippen molar-refractivity contribution in [2.24, 2.45) is 0 Å². The lowest BCUT2D eigenvalue weighted by Gasteiger charge is -2.24. The third-order valence-corrected chi connectivity index (χ3v) is 4.48. The number of hydrogen-bond donors (Lipinski definition) is 1. The fourth-order valence-electron chi connectivity index (χ4n) is 2.86. The molecule has 0 bridgehead atoms. The van der Waals surface area contributed by atoms with E-state index in [1.807, 2.05) is 24.4 Å². The van der Waals surface area contributed by atoms with Gasteiger partial charge in [-0.15, -0.1) is 0 Å². The molecule has 0 unspecified atom stereocenters. The van der Waals surface area contributed by atoms with Crippen LogP contribution in [0, 0.1) is 0 Å². The monoisotopic (exact) mass is 311 g/mol. The number of phenols is 1. The standard InChI is InChI=1S/C18H21N3O2/c1-23-16-10-12(2-7-15(16)22)11-21(14-5-6-14)17-8-9-19-18(20-17)13-3-4-13/h2,7-10,13-14,22H,3-6,11H2,1H3. The summed E-state index contributed by atoms with van der Waals surface area (Å²) in [5.74, 6) is 3.24. The summed E-state index contributed by atoms with van der Waals surface area (Å²) < 4.78 is 5.21. The van der Waals surface area contributed by atoms with Gasteiger partial charge in [0, 0.05) is 24.7 Å². The fraction of sp³-hybridized carbons (Fsp3) is 0.444. The lowest BCUT2D eigenvalue weighted by Crippen LogP contribution is -2.26. The molecule has 2 aliphatic rings. The summed E-state index contributed by atoms with van der Waals surface area (Å²) in [5, 5.41) is 9.75. The lowest BCUT2D eigenvalue weighted by atomic mass is 10.2. The molecule has 1 aromatic heterocycles. The van der Waals surface area contributed by atoms with Crippen LogP contribution in [0.2, 0.25) is 0 Å². The van der Waals surface area contributed by atoms with Crippen molar-refractivity contribution in [2.75, 3.05) is 12.0 Å². The predicted octanol–water partition coefficient (Wildman–Crippen LogP) is 3.24. The van der Waals surface area contributed by atoms with Gasteiger partial charge in [0.2, 0.25) is 0 Å². The molecule has 1 aromatic carbocycles. The molecule has 2 fully saturated rings. The maximum atomic E-state index is 9.75. The zero-order valence-electron chi connectivity index (χ0n) is 13.3. The van der Waals surface area contributed by atoms with Crippen LogP contribution in [0.4, 0.5) is 5.82 Å². The minimum atomic E-state index is 0.173. The third kappa shape index (κ3) is 3.09. The van der Waals surface area contributed by atoms with Crippen molar-refractivity contribution in [3.05, 3.63) is 41.9 Å². The minimum absolute atomic E-state index is 0.173. The van der Waals surface area contributed by atoms with Gasteiger partial charge in [0.1, 0.15) is 11.6 Å². The van der Waals surface area contributed by atoms with Crippen LogP contribution in [0.5, 0.6) is 11.5 Å². The van der Waals surface area contributed by atoms with E-state index in [-0.39, 0.29) is 5.75 Å². The Morgan fingerprint density at radius 1 is 1.22 bits per heavy atom. The van der Waals surface area contributed by atoms with E-state index in [4.69, 9.17) is 9.72 Å². The van der Waals surface area contributed by atoms with Crippen molar-refractivity contribution in [3.63, 3.8) is 0 Å². The molecular weight excluding hydrogens is 290 g/mol. The number of anilines is 1. The summed E-state index contributed by atoms with van der Waals surface area (Å²) in [7, 11) is 1.57. The highest BCUT2D eigenvalue weighted by Gasteiger charge is 2.32. The van der Waals surface area contributed by atoms with Crippen molar-refractivity contribution >= 4 is 5.82 Å². The van der Waals surface area contributed by atoms with Crippen LogP contribution in [-0.2, 0) is 6.54 Å². The molecule has 4 rings (SSSR count). The Morgan fingerprint density at radius 3 is 2.74 bits per heavy atom. The molecule has 120 valence electrons. The van der Waals surface area contributed by atoms with Crippen LogP contribution < -0.4 is 9.64 Å². The molecule has 1 N–H and O–H groups in total. The molecule has 0 aliphatic heterocycles. The van der Waals surface area contributed by atoms with Gasteiger partial charge in [0.25, 0.3) is 0 Å². The first-order valence-corrected chi connectivity index (χ1v) is 8.20. The number of aromatic hydroxyl groups is 1. The molecule has 0 amide bonds. The molecule has 5 heteroatoms. The molecule has 0 saturated heterocycles. The van der Waals surface area contributed by atoms with Gasteiger partial charge in [-0.2, -0.15) is 0 Å². The molecular formula is C18H21N3O2. The topological polar surface area (TPSA) is 58.5 Å². The summed E-state index contributed by atoms with van der Waals surface area (Å²) in [4.78, 5) is 11.6. The first kappa shape index (κ1) is 14.3. The van der Waals surface area contributed by atoms with Gasteiger partial charge in [0.05, 0.1) is 7.11 Å². The summed E-state index contributed by atoms with van der Waals surface area (Å²) >= 11 is 0. The van der Waals surface area contributed by atoms with E-state index in [0.29, 0.717) is 17.7 Å². The molecule has 2 aliphatic carbocycles. The average Bonchev–Trinajstić information content (AvgIpc) is 3.47. The molecule has 2 saturated carbocycles. The Bertz CT molecular complexity index is 711. The van der Waals surface area contributed by atoms with Crippen molar-refractivity contribution in [1.29, 1.82) is 0 Å². The normalized spacial score (nSPS) is 17.1. The zero-order chi connectivity index (χ0) is 15.8. The van der Waals surface area contributed by atoms with E-state index in [2.05, 4.69) is 9.88 Å². The van der Waals surface area contributed by atoms with Gasteiger partial charge in [-0.3, -0.25) is 0 Å². The van der Waals surface area contributed by atoms with Crippen LogP contribution >= 0.6 is 0 Å². The summed E-state index contributed by atoms with van der Waals surface area (Å²) in [6.07, 6.45) is 6.71. The fourth-order valence-corrected chi connectivity index (χ4v) is 2.86. The number of ether oxygens (including phenoxy) is 1. The maximum Gasteiger partial charge on any atom is 0.160 e. The van der Waals surface area contributed by atoms with Crippen molar-refractivity contribution in [1.82, 2.24) is 9.97 Å². The minimum Gasteiger partial charge on any atom is -0.504 e. The zero-order valence-corrected chi connectivity index (χ0v) is 13.3. The Balaban J connectivity index is 1.60. The van der Waals surface area contributed by atoms with Crippen LogP contribution in [0.3, 0.4) is 0 Å². The second-order valence-electron chi connectivity index (χ2n) is 6.41. The number of aromatic nitrogens is 2. The number of methoxy groups -OCH3 is 1. The molecule has 0 radical (unpaired) electrons. The summed E-state index contributed by atoms with van der Waals surface area (Å²) in [6.45, 7) is 0.766. The van der Waals surface area contributed by atoms with Crippen molar-refractivity contribution in [2.45, 2.75) is 44.2 Å². The van der Waals surface area contributed by atoms with Gasteiger partial charge in [-0.1, -0.05) is 6.07 Å². The highest BCUT2D eigenvalue weighted by atomic mass is 16.5. The number of phenolic OH excluding ortho intramolecular Hbond substituents is 1. The first-order valence-electron chi connectivity index (χ1n) is 8.20. The second kappa shape index (κ2) is 5.72. The first-order chi connectivity index (χ1) is 11.2. The highest BCUT2D eigenvalue weighted by molar-refractivity contribution is 5.46. The average molecular weight is 311 g/mol. The molecule has 23 heavy (non-hydrogen) atoms. The van der Waals surface area contributed by atoms with Gasteiger partial charge in [-0.25, -0.2) is 9.97 Å². The molecule has 0 atom stereocenters. The van der Waals surface area contributed by atoms with Crippen LogP contribution in [0.15, 0.2) is 30.5 Å². The number of benzene rings is 1. The SMILES string of the molecule is COc1cc(CN(c2ccnc(C3CC3)n2)C2CC2)ccc1O. The molecule has 5 nitrogen and oxygen atoms in total. The Kier molecular flexibility index (Phi) is 3.56. The van der Waals surface area contributed by atoms with Gasteiger partial charge >= 0.3 is 0 Å². The highest BCUT2D eigenvalue weighted by Crippen LogP contribution is 2.39. The number of rotatable bonds is 6. The largest absolute Gasteiger partial charge is 0.504 e. The Morgan fingerprint density at radius 2 is 2.04 bits per heavy atom. The van der Waals surface area contributed by atoms with E-state index in [1.165, 1.54) is 25.7 Å². The number of hydrogen-bond acceptors (Lipinski definition) is 5.